The number of aromatic nitrogens is 1. The van der Waals surface area contributed by atoms with Gasteiger partial charge in [0.05, 0.1) is 12.6 Å². The molecular formula is C39H53N7O11. The second kappa shape index (κ2) is 21.3. The molecule has 12 N–H and O–H groups in total. The van der Waals surface area contributed by atoms with Crippen LogP contribution in [0.4, 0.5) is 0 Å². The van der Waals surface area contributed by atoms with Crippen LogP contribution in [0, 0.1) is 11.8 Å². The van der Waals surface area contributed by atoms with Crippen molar-refractivity contribution >= 4 is 52.4 Å². The minimum atomic E-state index is -1.58. The molecule has 0 unspecified atom stereocenters. The van der Waals surface area contributed by atoms with Crippen molar-refractivity contribution in [2.45, 2.75) is 96.1 Å². The largest absolute Gasteiger partial charge is 0.508 e. The molecule has 2 aromatic carbocycles. The second-order valence-electron chi connectivity index (χ2n) is 14.3. The van der Waals surface area contributed by atoms with Gasteiger partial charge in [0.1, 0.15) is 36.0 Å². The summed E-state index contributed by atoms with van der Waals surface area (Å²) in [5.74, 6) is -7.81. The summed E-state index contributed by atoms with van der Waals surface area (Å²) in [6.07, 6.45) is 0.759. The Morgan fingerprint density at radius 1 is 0.719 bits per heavy atom. The zero-order valence-corrected chi connectivity index (χ0v) is 32.3. The molecule has 7 atom stereocenters. The number of phenolic OH excluding ortho intramolecular Hbond substituents is 1. The first-order valence-electron chi connectivity index (χ1n) is 18.6. The van der Waals surface area contributed by atoms with E-state index in [0.717, 1.165) is 10.9 Å². The maximum Gasteiger partial charge on any atom is 0.326 e. The van der Waals surface area contributed by atoms with E-state index in [4.69, 9.17) is 10.8 Å². The van der Waals surface area contributed by atoms with Gasteiger partial charge < -0.3 is 57.7 Å². The highest BCUT2D eigenvalue weighted by Gasteiger charge is 2.35. The van der Waals surface area contributed by atoms with Crippen LogP contribution >= 0.6 is 0 Å². The Morgan fingerprint density at radius 3 is 1.88 bits per heavy atom. The number of carboxylic acid groups (broad SMARTS) is 2. The van der Waals surface area contributed by atoms with Gasteiger partial charge in [-0.05, 0) is 47.6 Å². The number of benzene rings is 2. The van der Waals surface area contributed by atoms with Crippen molar-refractivity contribution < 1.29 is 54.0 Å². The summed E-state index contributed by atoms with van der Waals surface area (Å²) in [7, 11) is 0. The zero-order chi connectivity index (χ0) is 42.4. The number of carboxylic acids is 2. The molecule has 0 radical (unpaired) electrons. The molecule has 0 aliphatic heterocycles. The number of carbonyl (C=O) groups excluding carboxylic acids is 5. The molecule has 0 aliphatic rings. The molecule has 3 aromatic rings. The van der Waals surface area contributed by atoms with E-state index in [1.807, 2.05) is 0 Å². The van der Waals surface area contributed by atoms with E-state index in [0.29, 0.717) is 17.5 Å². The Hall–Kier alpha value is -6.01. The maximum absolute atomic E-state index is 14.1. The number of nitrogens with one attached hydrogen (secondary N) is 6. The molecule has 0 aliphatic carbocycles. The summed E-state index contributed by atoms with van der Waals surface area (Å²) in [5.41, 5.74) is 7.74. The number of aromatic hydroxyl groups is 1. The topological polar surface area (TPSA) is 302 Å². The third-order valence-electron chi connectivity index (χ3n) is 9.63. The van der Waals surface area contributed by atoms with Crippen LogP contribution < -0.4 is 32.3 Å². The number of aliphatic hydroxyl groups excluding tert-OH is 1. The normalized spacial score (nSPS) is 14.9. The minimum absolute atomic E-state index is 0.0513. The summed E-state index contributed by atoms with van der Waals surface area (Å²) in [6.45, 7) is 6.01. The Bertz CT molecular complexity index is 1880. The zero-order valence-electron chi connectivity index (χ0n) is 32.3. The lowest BCUT2D eigenvalue weighted by Crippen LogP contribution is -2.61. The van der Waals surface area contributed by atoms with Gasteiger partial charge in [-0.1, -0.05) is 64.4 Å². The van der Waals surface area contributed by atoms with Crippen LogP contribution in [-0.2, 0) is 46.4 Å². The molecule has 1 heterocycles. The van der Waals surface area contributed by atoms with Crippen molar-refractivity contribution in [1.29, 1.82) is 0 Å². The molecule has 310 valence electrons. The van der Waals surface area contributed by atoms with Crippen molar-refractivity contribution in [2.75, 3.05) is 6.61 Å². The van der Waals surface area contributed by atoms with Crippen LogP contribution in [0.2, 0.25) is 0 Å². The number of H-pyrrole nitrogens is 1. The molecule has 1 aromatic heterocycles. The molecular weight excluding hydrogens is 742 g/mol. The van der Waals surface area contributed by atoms with Gasteiger partial charge in [0.15, 0.2) is 0 Å². The summed E-state index contributed by atoms with van der Waals surface area (Å²) in [4.78, 5) is 94.2. The molecule has 0 spiro atoms. The molecule has 3 rings (SSSR count). The first-order chi connectivity index (χ1) is 26.9. The van der Waals surface area contributed by atoms with Crippen LogP contribution in [0.1, 0.15) is 58.1 Å². The lowest BCUT2D eigenvalue weighted by molar-refractivity contribution is -0.143. The van der Waals surface area contributed by atoms with Crippen molar-refractivity contribution in [3.05, 3.63) is 65.9 Å². The monoisotopic (exact) mass is 795 g/mol. The van der Waals surface area contributed by atoms with Crippen LogP contribution in [0.3, 0.4) is 0 Å². The summed E-state index contributed by atoms with van der Waals surface area (Å²) < 4.78 is 0. The van der Waals surface area contributed by atoms with Crippen LogP contribution in [0.25, 0.3) is 10.9 Å². The van der Waals surface area contributed by atoms with Crippen molar-refractivity contribution in [3.63, 3.8) is 0 Å². The van der Waals surface area contributed by atoms with Crippen molar-refractivity contribution in [3.8, 4) is 5.75 Å². The van der Waals surface area contributed by atoms with Crippen molar-refractivity contribution in [2.24, 2.45) is 17.6 Å². The van der Waals surface area contributed by atoms with E-state index in [9.17, 15) is 48.9 Å². The summed E-state index contributed by atoms with van der Waals surface area (Å²) >= 11 is 0. The molecule has 57 heavy (non-hydrogen) atoms. The number of aromatic amines is 1. The van der Waals surface area contributed by atoms with Gasteiger partial charge in [0.2, 0.25) is 29.5 Å². The Balaban J connectivity index is 1.93. The van der Waals surface area contributed by atoms with Gasteiger partial charge >= 0.3 is 11.9 Å². The quantitative estimate of drug-likeness (QED) is 0.0643. The smallest absolute Gasteiger partial charge is 0.326 e. The second-order valence-corrected chi connectivity index (χ2v) is 14.3. The number of hydrogen-bond acceptors (Lipinski definition) is 10. The third-order valence-corrected chi connectivity index (χ3v) is 9.63. The molecule has 0 saturated carbocycles. The lowest BCUT2D eigenvalue weighted by atomic mass is 9.96. The fourth-order valence-electron chi connectivity index (χ4n) is 5.86. The number of amides is 5. The first kappa shape index (κ1) is 45.4. The number of aliphatic hydroxyl groups is 1. The van der Waals surface area contributed by atoms with Gasteiger partial charge in [-0.3, -0.25) is 28.8 Å². The highest BCUT2D eigenvalue weighted by Crippen LogP contribution is 2.20. The number of phenols is 1. The highest BCUT2D eigenvalue weighted by atomic mass is 16.4. The Labute approximate surface area is 329 Å². The number of nitrogens with two attached hydrogens (primary N) is 1. The van der Waals surface area contributed by atoms with E-state index in [2.05, 4.69) is 31.6 Å². The van der Waals surface area contributed by atoms with Gasteiger partial charge in [0.25, 0.3) is 0 Å². The molecule has 0 fully saturated rings. The highest BCUT2D eigenvalue weighted by molar-refractivity contribution is 5.97. The number of fused-ring (bicyclic) bond motifs is 1. The van der Waals surface area contributed by atoms with Crippen LogP contribution in [0.15, 0.2) is 54.7 Å². The first-order valence-corrected chi connectivity index (χ1v) is 18.6. The van der Waals surface area contributed by atoms with E-state index in [-0.39, 0.29) is 24.5 Å². The van der Waals surface area contributed by atoms with Gasteiger partial charge in [-0.2, -0.15) is 0 Å². The van der Waals surface area contributed by atoms with Gasteiger partial charge in [-0.15, -0.1) is 0 Å². The average Bonchev–Trinajstić information content (AvgIpc) is 3.58. The van der Waals surface area contributed by atoms with Gasteiger partial charge in [0, 0.05) is 36.4 Å². The van der Waals surface area contributed by atoms with E-state index < -0.39 is 103 Å². The molecule has 5 amide bonds. The SMILES string of the molecule is CC[C@H](C)[C@H](NC(=O)[C@H](Cc1ccc(O)cc1)NC(=O)[C@H](CO)NC(=O)[C@@H](N)C(C)C)C(=O)N[C@@H](Cc1c[nH]c2ccccc12)C(=O)N[C@@H](CCC(=O)O)C(=O)O. The summed E-state index contributed by atoms with van der Waals surface area (Å²) in [5, 5.41) is 52.0. The lowest BCUT2D eigenvalue weighted by Gasteiger charge is -2.29. The maximum atomic E-state index is 14.1. The summed E-state index contributed by atoms with van der Waals surface area (Å²) in [6, 6.07) is 4.81. The fraction of sp³-hybridized carbons (Fsp3) is 0.462. The average molecular weight is 796 g/mol. The number of hydrogen-bond donors (Lipinski definition) is 11. The predicted molar refractivity (Wildman–Crippen MR) is 207 cm³/mol. The predicted octanol–water partition coefficient (Wildman–Crippen LogP) is 0.0538. The van der Waals surface area contributed by atoms with Crippen molar-refractivity contribution in [1.82, 2.24) is 31.6 Å². The van der Waals surface area contributed by atoms with Crippen LogP contribution in [0.5, 0.6) is 5.75 Å². The number of rotatable bonds is 22. The van der Waals surface area contributed by atoms with Gasteiger partial charge in [-0.25, -0.2) is 4.79 Å². The van der Waals surface area contributed by atoms with E-state index >= 15 is 0 Å². The number of para-hydroxylation sites is 1. The molecule has 0 bridgehead atoms. The van der Waals surface area contributed by atoms with E-state index in [1.54, 1.807) is 58.2 Å². The Morgan fingerprint density at radius 2 is 1.28 bits per heavy atom. The Kier molecular flexibility index (Phi) is 17.0. The number of aliphatic carboxylic acids is 2. The molecule has 0 saturated heterocycles. The fourth-order valence-corrected chi connectivity index (χ4v) is 5.86. The standard InChI is InChI=1S/C39H53N7O11/c1-5-21(4)33(46-35(52)28(16-22-10-12-24(48)13-11-22)43-36(53)30(19-47)45-37(54)32(40)20(2)3)38(55)44-29(17-23-18-41-26-9-7-6-8-25(23)26)34(51)42-27(39(56)57)14-15-31(49)50/h6-13,18,20-21,27-30,32-33,41,47-48H,5,14-17,19,40H2,1-4H3,(H,42,51)(H,43,53)(H,44,55)(H,45,54)(H,46,52)(H,49,50)(H,56,57)/t21-,27-,28-,29-,30-,32-,33-/m0/s1. The molecule has 18 heteroatoms. The van der Waals surface area contributed by atoms with E-state index in [1.165, 1.54) is 24.3 Å². The minimum Gasteiger partial charge on any atom is -0.508 e. The number of carbonyl (C=O) groups is 7. The third kappa shape index (κ3) is 13.3. The van der Waals surface area contributed by atoms with Crippen LogP contribution in [-0.4, -0.2) is 110 Å². The molecule has 18 nitrogen and oxygen atoms in total.